The van der Waals surface area contributed by atoms with Crippen LogP contribution in [0.15, 0.2) is 89.8 Å². The summed E-state index contributed by atoms with van der Waals surface area (Å²) in [5.74, 6) is -1.00. The molecule has 152 valence electrons. The van der Waals surface area contributed by atoms with E-state index in [1.165, 1.54) is 12.1 Å². The first-order valence-electron chi connectivity index (χ1n) is 9.51. The van der Waals surface area contributed by atoms with Crippen LogP contribution < -0.4 is 0 Å². The summed E-state index contributed by atoms with van der Waals surface area (Å²) >= 11 is 5.92. The minimum absolute atomic E-state index is 0.113. The number of hydrogen-bond donors (Lipinski definition) is 0. The molecule has 4 rings (SSSR count). The lowest BCUT2D eigenvalue weighted by Crippen LogP contribution is -2.56. The number of carbonyl (C=O) groups is 1. The van der Waals surface area contributed by atoms with Gasteiger partial charge in [-0.25, -0.2) is 12.7 Å². The fraction of sp³-hybridized carbons (Fsp3) is 0.125. The highest BCUT2D eigenvalue weighted by molar-refractivity contribution is 7.89. The Morgan fingerprint density at radius 2 is 1.53 bits per heavy atom. The molecule has 1 amide bonds. The number of hydrogen-bond acceptors (Lipinski definition) is 3. The molecule has 0 radical (unpaired) electrons. The van der Waals surface area contributed by atoms with Crippen LogP contribution in [0.3, 0.4) is 0 Å². The molecule has 2 atom stereocenters. The van der Waals surface area contributed by atoms with Gasteiger partial charge in [0.05, 0.1) is 16.9 Å². The number of aryl methyl sites for hydroxylation is 1. The van der Waals surface area contributed by atoms with Gasteiger partial charge in [0.25, 0.3) is 10.0 Å². The first-order chi connectivity index (χ1) is 14.4. The quantitative estimate of drug-likeness (QED) is 0.512. The molecule has 0 aliphatic carbocycles. The maximum absolute atomic E-state index is 13.2. The normalized spacial score (nSPS) is 19.1. The Balaban J connectivity index is 1.70. The highest BCUT2D eigenvalue weighted by atomic mass is 35.5. The van der Waals surface area contributed by atoms with Crippen LogP contribution in [0, 0.1) is 12.8 Å². The Hall–Kier alpha value is -2.89. The van der Waals surface area contributed by atoms with Crippen molar-refractivity contribution in [3.8, 4) is 0 Å². The van der Waals surface area contributed by atoms with Crippen molar-refractivity contribution in [2.24, 2.45) is 5.92 Å². The Bertz CT molecular complexity index is 1190. The molecule has 30 heavy (non-hydrogen) atoms. The molecule has 1 fully saturated rings. The van der Waals surface area contributed by atoms with Gasteiger partial charge in [-0.05, 0) is 42.3 Å². The van der Waals surface area contributed by atoms with Gasteiger partial charge in [-0.3, -0.25) is 4.79 Å². The highest BCUT2D eigenvalue weighted by Gasteiger charge is 2.53. The zero-order valence-electron chi connectivity index (χ0n) is 16.3. The minimum Gasteiger partial charge on any atom is -0.273 e. The van der Waals surface area contributed by atoms with E-state index in [1.807, 2.05) is 55.5 Å². The molecule has 4 nitrogen and oxygen atoms in total. The van der Waals surface area contributed by atoms with Crippen LogP contribution >= 0.6 is 11.6 Å². The molecule has 0 N–H and O–H groups in total. The molecule has 0 unspecified atom stereocenters. The van der Waals surface area contributed by atoms with E-state index < -0.39 is 27.9 Å². The number of sulfonamides is 1. The fourth-order valence-corrected chi connectivity index (χ4v) is 5.29. The topological polar surface area (TPSA) is 54.5 Å². The summed E-state index contributed by atoms with van der Waals surface area (Å²) in [6.07, 6.45) is 3.59. The van der Waals surface area contributed by atoms with Gasteiger partial charge in [-0.1, -0.05) is 83.9 Å². The first-order valence-corrected chi connectivity index (χ1v) is 11.3. The number of rotatable bonds is 5. The Morgan fingerprint density at radius 3 is 2.17 bits per heavy atom. The van der Waals surface area contributed by atoms with E-state index in [2.05, 4.69) is 0 Å². The minimum atomic E-state index is -3.95. The predicted octanol–water partition coefficient (Wildman–Crippen LogP) is 5.25. The average molecular weight is 438 g/mol. The summed E-state index contributed by atoms with van der Waals surface area (Å²) in [6.45, 7) is 1.88. The summed E-state index contributed by atoms with van der Waals surface area (Å²) < 4.78 is 27.5. The molecule has 0 spiro atoms. The lowest BCUT2D eigenvalue weighted by atomic mass is 9.84. The van der Waals surface area contributed by atoms with Gasteiger partial charge < -0.3 is 0 Å². The molecule has 1 aliphatic heterocycles. The van der Waals surface area contributed by atoms with Crippen LogP contribution in [0.5, 0.6) is 0 Å². The molecule has 1 aliphatic rings. The molecule has 6 heteroatoms. The van der Waals surface area contributed by atoms with E-state index in [1.54, 1.807) is 30.3 Å². The Morgan fingerprint density at radius 1 is 0.900 bits per heavy atom. The summed E-state index contributed by atoms with van der Waals surface area (Å²) in [7, 11) is -3.95. The van der Waals surface area contributed by atoms with Gasteiger partial charge in [0.2, 0.25) is 5.91 Å². The molecule has 0 saturated carbocycles. The molecule has 0 bridgehead atoms. The summed E-state index contributed by atoms with van der Waals surface area (Å²) in [5.41, 5.74) is 2.62. The van der Waals surface area contributed by atoms with E-state index in [0.717, 1.165) is 21.0 Å². The van der Waals surface area contributed by atoms with Gasteiger partial charge in [0, 0.05) is 5.02 Å². The zero-order chi connectivity index (χ0) is 21.3. The molecule has 3 aromatic carbocycles. The van der Waals surface area contributed by atoms with Crippen LogP contribution in [-0.4, -0.2) is 18.6 Å². The third-order valence-electron chi connectivity index (χ3n) is 5.18. The summed E-state index contributed by atoms with van der Waals surface area (Å²) in [4.78, 5) is 13.1. The Labute approximate surface area is 181 Å². The fourth-order valence-electron chi connectivity index (χ4n) is 3.54. The maximum atomic E-state index is 13.2. The van der Waals surface area contributed by atoms with E-state index in [4.69, 9.17) is 11.6 Å². The van der Waals surface area contributed by atoms with Crippen molar-refractivity contribution >= 4 is 33.6 Å². The second-order valence-corrected chi connectivity index (χ2v) is 9.50. The van der Waals surface area contributed by atoms with Gasteiger partial charge in [-0.15, -0.1) is 0 Å². The second kappa shape index (κ2) is 8.09. The molecule has 1 saturated heterocycles. The number of benzene rings is 3. The van der Waals surface area contributed by atoms with Gasteiger partial charge >= 0.3 is 0 Å². The largest absolute Gasteiger partial charge is 0.273 e. The van der Waals surface area contributed by atoms with Crippen molar-refractivity contribution in [2.75, 3.05) is 0 Å². The smallest absolute Gasteiger partial charge is 0.267 e. The van der Waals surface area contributed by atoms with Crippen molar-refractivity contribution < 1.29 is 13.2 Å². The van der Waals surface area contributed by atoms with Gasteiger partial charge in [-0.2, -0.15) is 0 Å². The second-order valence-electron chi connectivity index (χ2n) is 7.24. The number of halogens is 1. The zero-order valence-corrected chi connectivity index (χ0v) is 17.8. The van der Waals surface area contributed by atoms with Crippen molar-refractivity contribution in [1.82, 2.24) is 4.31 Å². The van der Waals surface area contributed by atoms with Crippen molar-refractivity contribution in [2.45, 2.75) is 17.9 Å². The third kappa shape index (κ3) is 3.78. The van der Waals surface area contributed by atoms with E-state index >= 15 is 0 Å². The lowest BCUT2D eigenvalue weighted by molar-refractivity contribution is -0.143. The standard InChI is InChI=1S/C24H20ClNO3S/c1-17-7-14-21(15-8-17)30(28,29)26-23(19-5-3-2-4-6-19)22(24(26)27)16-11-18-9-12-20(25)13-10-18/h2-16,22-23H,1H3/b16-11+/t22-,23-/m1/s1. The average Bonchev–Trinajstić information content (AvgIpc) is 2.74. The highest BCUT2D eigenvalue weighted by Crippen LogP contribution is 2.44. The number of nitrogens with zero attached hydrogens (tertiary/aromatic N) is 1. The number of β-lactam (4-membered cyclic amide) rings is 1. The first kappa shape index (κ1) is 20.4. The van der Waals surface area contributed by atoms with E-state index in [9.17, 15) is 13.2 Å². The van der Waals surface area contributed by atoms with Gasteiger partial charge in [0.1, 0.15) is 0 Å². The summed E-state index contributed by atoms with van der Waals surface area (Å²) in [5, 5.41) is 0.629. The third-order valence-corrected chi connectivity index (χ3v) is 7.22. The molecule has 1 heterocycles. The molecular formula is C24H20ClNO3S. The molecular weight excluding hydrogens is 418 g/mol. The van der Waals surface area contributed by atoms with Crippen LogP contribution in [0.1, 0.15) is 22.7 Å². The molecule has 0 aromatic heterocycles. The maximum Gasteiger partial charge on any atom is 0.267 e. The van der Waals surface area contributed by atoms with E-state index in [-0.39, 0.29) is 4.90 Å². The van der Waals surface area contributed by atoms with Crippen LogP contribution in [0.4, 0.5) is 0 Å². The van der Waals surface area contributed by atoms with Crippen LogP contribution in [-0.2, 0) is 14.8 Å². The van der Waals surface area contributed by atoms with Crippen molar-refractivity contribution in [3.63, 3.8) is 0 Å². The Kier molecular flexibility index (Phi) is 5.50. The van der Waals surface area contributed by atoms with Crippen LogP contribution in [0.25, 0.3) is 6.08 Å². The van der Waals surface area contributed by atoms with Gasteiger partial charge in [0.15, 0.2) is 0 Å². The van der Waals surface area contributed by atoms with Crippen molar-refractivity contribution in [3.05, 3.63) is 107 Å². The van der Waals surface area contributed by atoms with Crippen LogP contribution in [0.2, 0.25) is 5.02 Å². The van der Waals surface area contributed by atoms with E-state index in [0.29, 0.717) is 5.02 Å². The SMILES string of the molecule is Cc1ccc(S(=O)(=O)N2C(=O)[C@H](/C=C/c3ccc(Cl)cc3)[C@H]2c2ccccc2)cc1. The monoisotopic (exact) mass is 437 g/mol. The number of amides is 1. The number of carbonyl (C=O) groups excluding carboxylic acids is 1. The summed E-state index contributed by atoms with van der Waals surface area (Å²) in [6, 6.07) is 22.4. The predicted molar refractivity (Wildman–Crippen MR) is 118 cm³/mol. The molecule has 3 aromatic rings. The van der Waals surface area contributed by atoms with Crippen molar-refractivity contribution in [1.29, 1.82) is 0 Å². The lowest BCUT2D eigenvalue weighted by Gasteiger charge is -2.45.